The normalized spacial score (nSPS) is 12.0. The fourth-order valence-electron chi connectivity index (χ4n) is 4.75. The molecule has 13 heteroatoms. The second-order valence-electron chi connectivity index (χ2n) is 9.58. The molecule has 0 radical (unpaired) electrons. The summed E-state index contributed by atoms with van der Waals surface area (Å²) >= 11 is 0. The molecule has 0 aromatic heterocycles. The predicted octanol–water partition coefficient (Wildman–Crippen LogP) is 7.90. The highest BCUT2D eigenvalue weighted by atomic mass is 19.4. The molecule has 0 saturated heterocycles. The summed E-state index contributed by atoms with van der Waals surface area (Å²) in [5.41, 5.74) is -6.91. The Morgan fingerprint density at radius 1 is 0.886 bits per heavy atom. The lowest BCUT2D eigenvalue weighted by Gasteiger charge is -2.31. The summed E-state index contributed by atoms with van der Waals surface area (Å²) in [6.07, 6.45) is -12.9. The van der Waals surface area contributed by atoms with Gasteiger partial charge in [-0.15, -0.1) is 0 Å². The maximum absolute atomic E-state index is 14.9. The molecule has 0 aliphatic heterocycles. The standard InChI is InChI=1S/C31H28F7N3O3/c1-5-19-15-22(29(32,30(33,34)35)31(36,37)38)16-20(6-2)25(19)40-27(42)23-9-8-10-24(26(23)44-4)41(7-3)28(43)21-13-11-18(17-39)12-14-21/h8-16H,5-7H2,1-4H3,(H,40,42). The molecule has 0 aliphatic carbocycles. The summed E-state index contributed by atoms with van der Waals surface area (Å²) in [6.45, 7) is 4.70. The monoisotopic (exact) mass is 623 g/mol. The van der Waals surface area contributed by atoms with Gasteiger partial charge in [-0.2, -0.15) is 31.6 Å². The van der Waals surface area contributed by atoms with Crippen molar-refractivity contribution in [2.24, 2.45) is 0 Å². The van der Waals surface area contributed by atoms with Crippen LogP contribution in [-0.2, 0) is 18.5 Å². The Bertz CT molecular complexity index is 1540. The van der Waals surface area contributed by atoms with E-state index >= 15 is 0 Å². The molecule has 0 spiro atoms. The number of alkyl halides is 7. The molecule has 3 rings (SSSR count). The first-order valence-electron chi connectivity index (χ1n) is 13.4. The summed E-state index contributed by atoms with van der Waals surface area (Å²) in [4.78, 5) is 28.2. The summed E-state index contributed by atoms with van der Waals surface area (Å²) in [7, 11) is 1.26. The molecule has 1 N–H and O–H groups in total. The van der Waals surface area contributed by atoms with E-state index in [-0.39, 0.29) is 58.8 Å². The quantitative estimate of drug-likeness (QED) is 0.246. The van der Waals surface area contributed by atoms with E-state index in [2.05, 4.69) is 5.32 Å². The van der Waals surface area contributed by atoms with Gasteiger partial charge in [0.25, 0.3) is 11.8 Å². The van der Waals surface area contributed by atoms with Crippen LogP contribution in [0.2, 0.25) is 0 Å². The minimum Gasteiger partial charge on any atom is -0.494 e. The minimum absolute atomic E-state index is 0.0292. The van der Waals surface area contributed by atoms with E-state index in [0.29, 0.717) is 17.7 Å². The largest absolute Gasteiger partial charge is 0.494 e. The lowest BCUT2D eigenvalue weighted by Crippen LogP contribution is -2.50. The molecule has 3 aromatic rings. The van der Waals surface area contributed by atoms with Crippen molar-refractivity contribution in [3.63, 3.8) is 0 Å². The van der Waals surface area contributed by atoms with E-state index in [1.165, 1.54) is 68.3 Å². The number of methoxy groups -OCH3 is 1. The number of ether oxygens (including phenoxy) is 1. The molecule has 6 nitrogen and oxygen atoms in total. The number of rotatable bonds is 9. The second-order valence-corrected chi connectivity index (χ2v) is 9.58. The van der Waals surface area contributed by atoms with Crippen LogP contribution < -0.4 is 15.0 Å². The summed E-state index contributed by atoms with van der Waals surface area (Å²) in [5, 5.41) is 11.6. The predicted molar refractivity (Wildman–Crippen MR) is 150 cm³/mol. The van der Waals surface area contributed by atoms with Gasteiger partial charge in [-0.25, -0.2) is 4.39 Å². The number of carbonyl (C=O) groups is 2. The number of hydrogen-bond donors (Lipinski definition) is 1. The Labute approximate surface area is 249 Å². The zero-order chi connectivity index (χ0) is 33.0. The SMILES string of the molecule is CCc1cc(C(F)(C(F)(F)F)C(F)(F)F)cc(CC)c1NC(=O)c1cccc(N(CC)C(=O)c2ccc(C#N)cc2)c1OC. The van der Waals surface area contributed by atoms with E-state index in [1.807, 2.05) is 6.07 Å². The molecule has 0 heterocycles. The third-order valence-electron chi connectivity index (χ3n) is 7.04. The van der Waals surface area contributed by atoms with Gasteiger partial charge in [0.05, 0.1) is 30.0 Å². The average Bonchev–Trinajstić information content (AvgIpc) is 2.99. The number of nitrogens with zero attached hydrogens (tertiary/aromatic N) is 2. The number of amides is 2. The van der Waals surface area contributed by atoms with Crippen molar-refractivity contribution < 1.29 is 45.1 Å². The lowest BCUT2D eigenvalue weighted by molar-refractivity contribution is -0.348. The van der Waals surface area contributed by atoms with Gasteiger partial charge in [0.2, 0.25) is 0 Å². The van der Waals surface area contributed by atoms with Crippen LogP contribution in [0.5, 0.6) is 5.75 Å². The van der Waals surface area contributed by atoms with E-state index < -0.39 is 35.4 Å². The van der Waals surface area contributed by atoms with Crippen LogP contribution in [0.3, 0.4) is 0 Å². The second kappa shape index (κ2) is 13.0. The van der Waals surface area contributed by atoms with Crippen molar-refractivity contribution in [1.82, 2.24) is 0 Å². The summed E-state index contributed by atoms with van der Waals surface area (Å²) in [6, 6.07) is 13.1. The fourth-order valence-corrected chi connectivity index (χ4v) is 4.75. The zero-order valence-electron chi connectivity index (χ0n) is 24.1. The number of para-hydroxylation sites is 1. The number of benzene rings is 3. The molecule has 0 unspecified atom stereocenters. The molecule has 234 valence electrons. The van der Waals surface area contributed by atoms with E-state index in [0.717, 1.165) is 0 Å². The van der Waals surface area contributed by atoms with Gasteiger partial charge in [0.1, 0.15) is 0 Å². The molecule has 0 bridgehead atoms. The Hall–Kier alpha value is -4.60. The Morgan fingerprint density at radius 3 is 1.86 bits per heavy atom. The third-order valence-corrected chi connectivity index (χ3v) is 7.04. The van der Waals surface area contributed by atoms with Crippen LogP contribution in [0.1, 0.15) is 63.7 Å². The van der Waals surface area contributed by atoms with Crippen LogP contribution in [0.15, 0.2) is 54.6 Å². The number of anilines is 2. The van der Waals surface area contributed by atoms with Gasteiger partial charge in [0, 0.05) is 23.4 Å². The van der Waals surface area contributed by atoms with Gasteiger partial charge >= 0.3 is 18.0 Å². The van der Waals surface area contributed by atoms with E-state index in [9.17, 15) is 40.3 Å². The van der Waals surface area contributed by atoms with Crippen molar-refractivity contribution in [1.29, 1.82) is 5.26 Å². The Balaban J connectivity index is 2.09. The zero-order valence-corrected chi connectivity index (χ0v) is 24.1. The van der Waals surface area contributed by atoms with Crippen LogP contribution in [-0.4, -0.2) is 37.8 Å². The van der Waals surface area contributed by atoms with E-state index in [1.54, 1.807) is 6.92 Å². The molecule has 0 atom stereocenters. The summed E-state index contributed by atoms with van der Waals surface area (Å²) in [5.74, 6) is -1.33. The third kappa shape index (κ3) is 6.20. The highest BCUT2D eigenvalue weighted by Gasteiger charge is 2.73. The van der Waals surface area contributed by atoms with Crippen molar-refractivity contribution in [2.45, 2.75) is 51.6 Å². The highest BCUT2D eigenvalue weighted by molar-refractivity contribution is 6.11. The molecular formula is C31H28F7N3O3. The molecule has 2 amide bonds. The fraction of sp³-hybridized carbons (Fsp3) is 0.323. The maximum Gasteiger partial charge on any atom is 0.435 e. The number of nitrogens with one attached hydrogen (secondary N) is 1. The van der Waals surface area contributed by atoms with Gasteiger partial charge < -0.3 is 15.0 Å². The molecule has 0 aliphatic rings. The number of nitriles is 1. The van der Waals surface area contributed by atoms with Crippen molar-refractivity contribution >= 4 is 23.2 Å². The van der Waals surface area contributed by atoms with Gasteiger partial charge in [-0.3, -0.25) is 9.59 Å². The van der Waals surface area contributed by atoms with Gasteiger partial charge in [0.15, 0.2) is 5.75 Å². The summed E-state index contributed by atoms with van der Waals surface area (Å²) < 4.78 is 101. The van der Waals surface area contributed by atoms with Crippen molar-refractivity contribution in [2.75, 3.05) is 23.9 Å². The first-order valence-corrected chi connectivity index (χ1v) is 13.4. The lowest BCUT2D eigenvalue weighted by atomic mass is 9.88. The first kappa shape index (κ1) is 33.9. The highest BCUT2D eigenvalue weighted by Crippen LogP contribution is 2.54. The molecule has 0 saturated carbocycles. The van der Waals surface area contributed by atoms with E-state index in [4.69, 9.17) is 10.00 Å². The number of carbonyl (C=O) groups excluding carboxylic acids is 2. The van der Waals surface area contributed by atoms with Crippen LogP contribution in [0.4, 0.5) is 42.1 Å². The van der Waals surface area contributed by atoms with Crippen molar-refractivity contribution in [3.8, 4) is 11.8 Å². The van der Waals surface area contributed by atoms with Crippen molar-refractivity contribution in [3.05, 3.63) is 88.0 Å². The minimum atomic E-state index is -6.29. The molecule has 3 aromatic carbocycles. The van der Waals surface area contributed by atoms with Crippen LogP contribution in [0.25, 0.3) is 0 Å². The first-order chi connectivity index (χ1) is 20.6. The number of hydrogen-bond acceptors (Lipinski definition) is 4. The Kier molecular flexibility index (Phi) is 9.98. The van der Waals surface area contributed by atoms with Gasteiger partial charge in [-0.05, 0) is 79.4 Å². The molecular weight excluding hydrogens is 595 g/mol. The topological polar surface area (TPSA) is 82.4 Å². The van der Waals surface area contributed by atoms with Crippen LogP contribution >= 0.6 is 0 Å². The van der Waals surface area contributed by atoms with Crippen LogP contribution in [0, 0.1) is 11.3 Å². The molecule has 44 heavy (non-hydrogen) atoms. The number of aryl methyl sites for hydroxylation is 2. The molecule has 0 fully saturated rings. The average molecular weight is 624 g/mol. The smallest absolute Gasteiger partial charge is 0.435 e. The Morgan fingerprint density at radius 2 is 1.43 bits per heavy atom. The van der Waals surface area contributed by atoms with Gasteiger partial charge in [-0.1, -0.05) is 19.9 Å². The maximum atomic E-state index is 14.9. The number of halogens is 7.